The lowest BCUT2D eigenvalue weighted by atomic mass is 10.0. The summed E-state index contributed by atoms with van der Waals surface area (Å²) in [6, 6.07) is 13.8. The van der Waals surface area contributed by atoms with E-state index in [1.54, 1.807) is 42.5 Å². The number of carbonyl (C=O) groups is 2. The second kappa shape index (κ2) is 11.0. The predicted molar refractivity (Wildman–Crippen MR) is 119 cm³/mol. The Morgan fingerprint density at radius 2 is 1.81 bits per heavy atom. The van der Waals surface area contributed by atoms with Gasteiger partial charge in [-0.2, -0.15) is 5.26 Å². The van der Waals surface area contributed by atoms with Crippen LogP contribution in [0.3, 0.4) is 0 Å². The number of rotatable bonds is 10. The molecule has 2 N–H and O–H groups in total. The summed E-state index contributed by atoms with van der Waals surface area (Å²) in [6.45, 7) is 6.30. The van der Waals surface area contributed by atoms with Crippen molar-refractivity contribution in [3.05, 3.63) is 53.6 Å². The van der Waals surface area contributed by atoms with Crippen LogP contribution in [0.4, 0.5) is 5.69 Å². The van der Waals surface area contributed by atoms with E-state index in [1.807, 2.05) is 26.8 Å². The molecule has 0 aliphatic carbocycles. The molecule has 0 aliphatic rings. The van der Waals surface area contributed by atoms with Gasteiger partial charge in [0.05, 0.1) is 25.3 Å². The molecule has 2 aromatic carbocycles. The summed E-state index contributed by atoms with van der Waals surface area (Å²) in [5, 5.41) is 14.7. The minimum atomic E-state index is -0.270. The van der Waals surface area contributed by atoms with E-state index in [4.69, 9.17) is 14.7 Å². The van der Waals surface area contributed by atoms with Crippen LogP contribution in [0.25, 0.3) is 0 Å². The fraction of sp³-hybridized carbons (Fsp3) is 0.375. The third-order valence-corrected chi connectivity index (χ3v) is 4.87. The summed E-state index contributed by atoms with van der Waals surface area (Å²) in [6.07, 6.45) is 1.63. The molecule has 0 saturated carbocycles. The quantitative estimate of drug-likeness (QED) is 0.556. The second-order valence-electron chi connectivity index (χ2n) is 7.75. The maximum absolute atomic E-state index is 12.3. The topological polar surface area (TPSA) is 100 Å². The van der Waals surface area contributed by atoms with Gasteiger partial charge in [-0.15, -0.1) is 0 Å². The van der Waals surface area contributed by atoms with E-state index in [0.717, 1.165) is 6.42 Å². The summed E-state index contributed by atoms with van der Waals surface area (Å²) < 4.78 is 10.9. The molecular weight excluding hydrogens is 394 g/mol. The van der Waals surface area contributed by atoms with Crippen LogP contribution in [0.2, 0.25) is 0 Å². The number of anilines is 1. The molecule has 0 aromatic heterocycles. The Kier molecular flexibility index (Phi) is 8.44. The molecule has 2 rings (SSSR count). The third-order valence-electron chi connectivity index (χ3n) is 4.87. The van der Waals surface area contributed by atoms with Crippen molar-refractivity contribution in [2.75, 3.05) is 19.0 Å². The maximum atomic E-state index is 12.3. The highest BCUT2D eigenvalue weighted by atomic mass is 16.5. The Balaban J connectivity index is 1.79. The lowest BCUT2D eigenvalue weighted by Crippen LogP contribution is -2.42. The number of nitriles is 1. The summed E-state index contributed by atoms with van der Waals surface area (Å²) in [5.41, 5.74) is 1.39. The molecule has 2 amide bonds. The van der Waals surface area contributed by atoms with E-state index in [2.05, 4.69) is 10.6 Å². The van der Waals surface area contributed by atoms with Crippen LogP contribution < -0.4 is 20.1 Å². The normalized spacial score (nSPS) is 10.7. The van der Waals surface area contributed by atoms with Gasteiger partial charge < -0.3 is 20.1 Å². The molecule has 0 aliphatic heterocycles. The van der Waals surface area contributed by atoms with Crippen molar-refractivity contribution in [2.45, 2.75) is 45.6 Å². The van der Waals surface area contributed by atoms with Gasteiger partial charge in [0.1, 0.15) is 0 Å². The molecule has 7 heteroatoms. The molecule has 31 heavy (non-hydrogen) atoms. The van der Waals surface area contributed by atoms with Crippen molar-refractivity contribution < 1.29 is 19.1 Å². The largest absolute Gasteiger partial charge is 0.493 e. The van der Waals surface area contributed by atoms with Crippen molar-refractivity contribution in [3.63, 3.8) is 0 Å². The van der Waals surface area contributed by atoms with Crippen molar-refractivity contribution in [2.24, 2.45) is 0 Å². The molecule has 0 saturated heterocycles. The zero-order valence-corrected chi connectivity index (χ0v) is 18.5. The van der Waals surface area contributed by atoms with Crippen molar-refractivity contribution in [1.82, 2.24) is 5.32 Å². The smallest absolute Gasteiger partial charge is 0.251 e. The van der Waals surface area contributed by atoms with Crippen LogP contribution in [0.5, 0.6) is 11.5 Å². The minimum absolute atomic E-state index is 0.139. The predicted octanol–water partition coefficient (Wildman–Crippen LogP) is 4.28. The Bertz CT molecular complexity index is 946. The van der Waals surface area contributed by atoms with Gasteiger partial charge in [-0.1, -0.05) is 6.92 Å². The molecule has 0 unspecified atom stereocenters. The number of hydrogen-bond donors (Lipinski definition) is 2. The molecule has 0 bridgehead atoms. The van der Waals surface area contributed by atoms with Crippen molar-refractivity contribution >= 4 is 17.5 Å². The Morgan fingerprint density at radius 1 is 1.10 bits per heavy atom. The molecule has 0 heterocycles. The average molecular weight is 424 g/mol. The highest BCUT2D eigenvalue weighted by Crippen LogP contribution is 2.28. The van der Waals surface area contributed by atoms with Gasteiger partial charge >= 0.3 is 0 Å². The standard InChI is InChI=1S/C24H29N3O4/c1-5-24(2,3)27-23(29)18-9-11-19(12-10-18)26-22(28)7-6-14-31-20-13-8-17(16-25)15-21(20)30-4/h8-13,15H,5-7,14H2,1-4H3,(H,26,28)(H,27,29). The lowest BCUT2D eigenvalue weighted by molar-refractivity contribution is -0.116. The first-order valence-electron chi connectivity index (χ1n) is 10.2. The molecule has 0 radical (unpaired) electrons. The Hall–Kier alpha value is -3.53. The molecule has 0 atom stereocenters. The lowest BCUT2D eigenvalue weighted by Gasteiger charge is -2.24. The first kappa shape index (κ1) is 23.7. The molecule has 7 nitrogen and oxygen atoms in total. The molecule has 0 spiro atoms. The third kappa shape index (κ3) is 7.34. The fourth-order valence-electron chi connectivity index (χ4n) is 2.67. The van der Waals surface area contributed by atoms with Crippen LogP contribution in [-0.4, -0.2) is 31.1 Å². The van der Waals surface area contributed by atoms with Gasteiger partial charge in [-0.3, -0.25) is 9.59 Å². The van der Waals surface area contributed by atoms with Crippen LogP contribution >= 0.6 is 0 Å². The zero-order valence-electron chi connectivity index (χ0n) is 18.5. The van der Waals surface area contributed by atoms with Crippen molar-refractivity contribution in [1.29, 1.82) is 5.26 Å². The highest BCUT2D eigenvalue weighted by molar-refractivity contribution is 5.96. The maximum Gasteiger partial charge on any atom is 0.251 e. The Labute approximate surface area is 183 Å². The van der Waals surface area contributed by atoms with Gasteiger partial charge in [0.15, 0.2) is 11.5 Å². The number of nitrogens with zero attached hydrogens (tertiary/aromatic N) is 1. The summed E-state index contributed by atoms with van der Waals surface area (Å²) in [7, 11) is 1.51. The van der Waals surface area contributed by atoms with E-state index in [-0.39, 0.29) is 23.8 Å². The van der Waals surface area contributed by atoms with Gasteiger partial charge in [0.2, 0.25) is 5.91 Å². The summed E-state index contributed by atoms with van der Waals surface area (Å²) >= 11 is 0. The summed E-state index contributed by atoms with van der Waals surface area (Å²) in [5.74, 6) is 0.733. The first-order chi connectivity index (χ1) is 14.8. The molecular formula is C24H29N3O4. The zero-order chi connectivity index (χ0) is 22.9. The van der Waals surface area contributed by atoms with E-state index in [1.165, 1.54) is 7.11 Å². The molecule has 0 fully saturated rings. The minimum Gasteiger partial charge on any atom is -0.493 e. The number of ether oxygens (including phenoxy) is 2. The molecule has 164 valence electrons. The van der Waals surface area contributed by atoms with Gasteiger partial charge in [-0.25, -0.2) is 0 Å². The van der Waals surface area contributed by atoms with Crippen LogP contribution in [0.1, 0.15) is 56.0 Å². The van der Waals surface area contributed by atoms with E-state index < -0.39 is 0 Å². The Morgan fingerprint density at radius 3 is 2.42 bits per heavy atom. The number of nitrogens with one attached hydrogen (secondary N) is 2. The average Bonchev–Trinajstić information content (AvgIpc) is 2.76. The van der Waals surface area contributed by atoms with E-state index in [0.29, 0.717) is 41.3 Å². The summed E-state index contributed by atoms with van der Waals surface area (Å²) in [4.78, 5) is 24.5. The van der Waals surface area contributed by atoms with Gasteiger partial charge in [0.25, 0.3) is 5.91 Å². The number of methoxy groups -OCH3 is 1. The molecule has 2 aromatic rings. The van der Waals surface area contributed by atoms with Crippen LogP contribution in [-0.2, 0) is 4.79 Å². The van der Waals surface area contributed by atoms with Crippen LogP contribution in [0.15, 0.2) is 42.5 Å². The number of benzene rings is 2. The fourth-order valence-corrected chi connectivity index (χ4v) is 2.67. The van der Waals surface area contributed by atoms with Crippen LogP contribution in [0, 0.1) is 11.3 Å². The van der Waals surface area contributed by atoms with Crippen molar-refractivity contribution in [3.8, 4) is 17.6 Å². The second-order valence-corrected chi connectivity index (χ2v) is 7.75. The SMILES string of the molecule is CCC(C)(C)NC(=O)c1ccc(NC(=O)CCCOc2ccc(C#N)cc2OC)cc1. The monoisotopic (exact) mass is 423 g/mol. The highest BCUT2D eigenvalue weighted by Gasteiger charge is 2.18. The number of hydrogen-bond acceptors (Lipinski definition) is 5. The van der Waals surface area contributed by atoms with E-state index >= 15 is 0 Å². The number of amides is 2. The van der Waals surface area contributed by atoms with E-state index in [9.17, 15) is 9.59 Å². The van der Waals surface area contributed by atoms with Gasteiger partial charge in [-0.05, 0) is 63.1 Å². The first-order valence-corrected chi connectivity index (χ1v) is 10.2. The number of carbonyl (C=O) groups excluding carboxylic acids is 2. The van der Waals surface area contributed by atoms with Gasteiger partial charge in [0, 0.05) is 29.3 Å².